The minimum atomic E-state index is -1.79. The summed E-state index contributed by atoms with van der Waals surface area (Å²) in [5.74, 6) is -1.18. The van der Waals surface area contributed by atoms with Crippen LogP contribution in [-0.4, -0.2) is 27.8 Å². The first-order valence-electron chi connectivity index (χ1n) is 1.92. The monoisotopic (exact) mass is 174 g/mol. The molecule has 0 aliphatic heterocycles. The quantitative estimate of drug-likeness (QED) is 0.560. The molecule has 0 saturated heterocycles. The van der Waals surface area contributed by atoms with Gasteiger partial charge in [0.25, 0.3) is 0 Å². The Labute approximate surface area is 61.1 Å². The van der Waals surface area contributed by atoms with Crippen LogP contribution in [0.2, 0.25) is 0 Å². The number of hydrogen-bond donors (Lipinski definition) is 2. The number of carbonyl (C=O) groups is 1. The van der Waals surface area contributed by atoms with E-state index in [9.17, 15) is 4.79 Å². The number of alkyl halides is 1. The Kier molecular flexibility index (Phi) is 3.88. The van der Waals surface area contributed by atoms with Crippen molar-refractivity contribution >= 4 is 29.4 Å². The predicted octanol–water partition coefficient (Wildman–Crippen LogP) is -0.399. The van der Waals surface area contributed by atoms with Crippen LogP contribution in [-0.2, 0) is 9.08 Å². The van der Waals surface area contributed by atoms with E-state index in [0.717, 1.165) is 0 Å². The molecule has 0 amide bonds. The van der Waals surface area contributed by atoms with Gasteiger partial charge in [-0.25, -0.2) is 4.79 Å². The molecule has 0 aliphatic rings. The molecular formula is C3H4Cl2O4. The van der Waals surface area contributed by atoms with Crippen LogP contribution in [0, 0.1) is 0 Å². The van der Waals surface area contributed by atoms with Gasteiger partial charge in [-0.2, -0.15) is 0 Å². The molecule has 0 bridgehead atoms. The Morgan fingerprint density at radius 1 is 1.56 bits per heavy atom. The number of aliphatic hydroxyl groups is 2. The van der Waals surface area contributed by atoms with Gasteiger partial charge < -0.3 is 14.5 Å². The van der Waals surface area contributed by atoms with E-state index < -0.39 is 17.6 Å². The number of carbonyl (C=O) groups excluding carboxylic acids is 1. The maximum atomic E-state index is 10.1. The normalized spacial score (nSPS) is 16.4. The zero-order valence-electron chi connectivity index (χ0n) is 4.12. The first kappa shape index (κ1) is 8.97. The Hall–Kier alpha value is -0.0300. The van der Waals surface area contributed by atoms with Crippen molar-refractivity contribution in [2.24, 2.45) is 0 Å². The molecule has 0 rings (SSSR count). The summed E-state index contributed by atoms with van der Waals surface area (Å²) < 4.78 is 3.51. The van der Waals surface area contributed by atoms with Crippen molar-refractivity contribution in [1.82, 2.24) is 0 Å². The molecule has 2 N–H and O–H groups in total. The summed E-state index contributed by atoms with van der Waals surface area (Å²) in [7, 11) is 0. The predicted molar refractivity (Wildman–Crippen MR) is 29.8 cm³/mol. The van der Waals surface area contributed by atoms with Crippen molar-refractivity contribution in [3.05, 3.63) is 0 Å². The molecule has 9 heavy (non-hydrogen) atoms. The zero-order chi connectivity index (χ0) is 7.44. The minimum Gasteiger partial charge on any atom is -0.378 e. The minimum absolute atomic E-state index is 1.18. The Morgan fingerprint density at radius 2 is 2.00 bits per heavy atom. The second-order valence-electron chi connectivity index (χ2n) is 1.21. The topological polar surface area (TPSA) is 66.8 Å². The van der Waals surface area contributed by atoms with Crippen LogP contribution < -0.4 is 0 Å². The van der Waals surface area contributed by atoms with Gasteiger partial charge in [-0.15, -0.1) is 0 Å². The van der Waals surface area contributed by atoms with Crippen LogP contribution in [0.25, 0.3) is 0 Å². The van der Waals surface area contributed by atoms with Crippen molar-refractivity contribution < 1.29 is 19.3 Å². The third kappa shape index (κ3) is 2.86. The highest BCUT2D eigenvalue weighted by Gasteiger charge is 2.23. The van der Waals surface area contributed by atoms with E-state index in [-0.39, 0.29) is 0 Å². The summed E-state index contributed by atoms with van der Waals surface area (Å²) in [6, 6.07) is 0. The van der Waals surface area contributed by atoms with Gasteiger partial charge in [0.15, 0.2) is 11.7 Å². The number of aliphatic hydroxyl groups excluding tert-OH is 2. The molecule has 0 heterocycles. The number of rotatable bonds is 2. The fourth-order valence-corrected chi connectivity index (χ4v) is 0.352. The molecule has 4 nitrogen and oxygen atoms in total. The molecular weight excluding hydrogens is 171 g/mol. The fourth-order valence-electron chi connectivity index (χ4n) is 0.158. The van der Waals surface area contributed by atoms with E-state index >= 15 is 0 Å². The number of hydrogen-bond acceptors (Lipinski definition) is 4. The van der Waals surface area contributed by atoms with Gasteiger partial charge in [0.1, 0.15) is 11.9 Å². The maximum absolute atomic E-state index is 10.1. The van der Waals surface area contributed by atoms with Crippen LogP contribution in [0.5, 0.6) is 0 Å². The van der Waals surface area contributed by atoms with Gasteiger partial charge >= 0.3 is 5.97 Å². The lowest BCUT2D eigenvalue weighted by Gasteiger charge is -2.05. The first-order chi connectivity index (χ1) is 4.09. The Bertz CT molecular complexity index is 104. The van der Waals surface area contributed by atoms with Crippen molar-refractivity contribution in [2.75, 3.05) is 0 Å². The van der Waals surface area contributed by atoms with Gasteiger partial charge in [-0.3, -0.25) is 0 Å². The van der Waals surface area contributed by atoms with Crippen LogP contribution in [0.1, 0.15) is 0 Å². The largest absolute Gasteiger partial charge is 0.378 e. The summed E-state index contributed by atoms with van der Waals surface area (Å²) >= 11 is 9.36. The third-order valence-electron chi connectivity index (χ3n) is 0.578. The van der Waals surface area contributed by atoms with E-state index in [1.807, 2.05) is 0 Å². The summed E-state index contributed by atoms with van der Waals surface area (Å²) in [5.41, 5.74) is -1.68. The van der Waals surface area contributed by atoms with E-state index in [0.29, 0.717) is 0 Å². The molecule has 0 saturated carbocycles. The third-order valence-corrected chi connectivity index (χ3v) is 0.969. The zero-order valence-corrected chi connectivity index (χ0v) is 5.63. The summed E-state index contributed by atoms with van der Waals surface area (Å²) in [6.07, 6.45) is -1.79. The van der Waals surface area contributed by atoms with Crippen molar-refractivity contribution in [3.63, 3.8) is 0 Å². The van der Waals surface area contributed by atoms with Crippen LogP contribution in [0.4, 0.5) is 0 Å². The van der Waals surface area contributed by atoms with Crippen molar-refractivity contribution in [3.8, 4) is 0 Å². The SMILES string of the molecule is O=C(OCl)C(O)C(O)Cl. The second-order valence-corrected chi connectivity index (χ2v) is 1.82. The summed E-state index contributed by atoms with van der Waals surface area (Å²) in [4.78, 5) is 10.1. The molecule has 0 radical (unpaired) electrons. The average Bonchev–Trinajstić information content (AvgIpc) is 1.84. The standard InChI is InChI=1S/C3H4Cl2O4/c4-2(7)1(6)3(8)9-5/h1-2,6-7H. The summed E-state index contributed by atoms with van der Waals surface area (Å²) in [6.45, 7) is 0. The van der Waals surface area contributed by atoms with Crippen LogP contribution in [0.15, 0.2) is 0 Å². The molecule has 0 aromatic heterocycles. The molecule has 2 atom stereocenters. The van der Waals surface area contributed by atoms with Crippen LogP contribution >= 0.6 is 23.5 Å². The molecule has 0 aromatic rings. The molecule has 0 aromatic carbocycles. The lowest BCUT2D eigenvalue weighted by Crippen LogP contribution is -2.29. The molecule has 54 valence electrons. The van der Waals surface area contributed by atoms with Crippen molar-refractivity contribution in [2.45, 2.75) is 11.7 Å². The highest BCUT2D eigenvalue weighted by Crippen LogP contribution is 2.01. The van der Waals surface area contributed by atoms with E-state index in [2.05, 4.69) is 16.2 Å². The second kappa shape index (κ2) is 3.90. The van der Waals surface area contributed by atoms with Gasteiger partial charge in [-0.05, 0) is 0 Å². The lowest BCUT2D eigenvalue weighted by atomic mass is 10.4. The average molecular weight is 175 g/mol. The Balaban J connectivity index is 3.72. The van der Waals surface area contributed by atoms with Gasteiger partial charge in [0.05, 0.1) is 0 Å². The summed E-state index contributed by atoms with van der Waals surface area (Å²) in [5, 5.41) is 16.7. The van der Waals surface area contributed by atoms with Crippen molar-refractivity contribution in [1.29, 1.82) is 0 Å². The first-order valence-corrected chi connectivity index (χ1v) is 2.66. The smallest absolute Gasteiger partial charge is 0.357 e. The highest BCUT2D eigenvalue weighted by molar-refractivity contribution is 6.22. The van der Waals surface area contributed by atoms with Gasteiger partial charge in [-0.1, -0.05) is 11.6 Å². The van der Waals surface area contributed by atoms with Gasteiger partial charge in [0, 0.05) is 0 Å². The van der Waals surface area contributed by atoms with Crippen LogP contribution in [0.3, 0.4) is 0 Å². The molecule has 6 heteroatoms. The molecule has 0 fully saturated rings. The molecule has 2 unspecified atom stereocenters. The van der Waals surface area contributed by atoms with Gasteiger partial charge in [0.2, 0.25) is 0 Å². The fraction of sp³-hybridized carbons (Fsp3) is 0.667. The number of halogens is 2. The Morgan fingerprint density at radius 3 is 2.11 bits per heavy atom. The lowest BCUT2D eigenvalue weighted by molar-refractivity contribution is -0.146. The maximum Gasteiger partial charge on any atom is 0.357 e. The van der Waals surface area contributed by atoms with E-state index in [1.165, 1.54) is 0 Å². The highest BCUT2D eigenvalue weighted by atomic mass is 35.5. The van der Waals surface area contributed by atoms with E-state index in [1.54, 1.807) is 0 Å². The van der Waals surface area contributed by atoms with E-state index in [4.69, 9.17) is 21.8 Å². The molecule has 0 aliphatic carbocycles. The molecule has 0 spiro atoms.